The molecule has 1 aromatic heterocycles. The van der Waals surface area contributed by atoms with Crippen molar-refractivity contribution >= 4 is 0 Å². The van der Waals surface area contributed by atoms with Crippen LogP contribution in [0.3, 0.4) is 0 Å². The molecule has 0 bridgehead atoms. The van der Waals surface area contributed by atoms with Crippen LogP contribution in [0.2, 0.25) is 0 Å². The van der Waals surface area contributed by atoms with Crippen LogP contribution in [-0.2, 0) is 6.54 Å². The van der Waals surface area contributed by atoms with Gasteiger partial charge in [-0.3, -0.25) is 0 Å². The number of nitriles is 1. The van der Waals surface area contributed by atoms with E-state index in [1.165, 1.54) is 6.07 Å². The molecule has 21 heavy (non-hydrogen) atoms. The Hall–Kier alpha value is -2.93. The maximum Gasteiger partial charge on any atom is 0.145 e. The van der Waals surface area contributed by atoms with Crippen molar-refractivity contribution < 1.29 is 4.39 Å². The summed E-state index contributed by atoms with van der Waals surface area (Å²) in [4.78, 5) is 4.33. The van der Waals surface area contributed by atoms with Gasteiger partial charge in [0.15, 0.2) is 0 Å². The quantitative estimate of drug-likeness (QED) is 0.734. The first kappa shape index (κ1) is 13.1. The van der Waals surface area contributed by atoms with Gasteiger partial charge in [0.2, 0.25) is 0 Å². The summed E-state index contributed by atoms with van der Waals surface area (Å²) in [6.07, 6.45) is 3.50. The molecule has 0 radical (unpaired) electrons. The van der Waals surface area contributed by atoms with Gasteiger partial charge in [0.05, 0.1) is 12.1 Å². The predicted molar refractivity (Wildman–Crippen MR) is 77.9 cm³/mol. The van der Waals surface area contributed by atoms with Crippen molar-refractivity contribution in [2.24, 2.45) is 0 Å². The molecule has 3 aromatic rings. The van der Waals surface area contributed by atoms with Gasteiger partial charge in [-0.05, 0) is 6.07 Å². The van der Waals surface area contributed by atoms with Crippen molar-refractivity contribution in [3.63, 3.8) is 0 Å². The molecular formula is C17H12FN3. The van der Waals surface area contributed by atoms with Crippen LogP contribution in [-0.4, -0.2) is 9.55 Å². The molecule has 1 heterocycles. The van der Waals surface area contributed by atoms with Crippen LogP contribution < -0.4 is 0 Å². The monoisotopic (exact) mass is 277 g/mol. The first-order valence-corrected chi connectivity index (χ1v) is 6.53. The average Bonchev–Trinajstić information content (AvgIpc) is 2.98. The number of nitrogens with zero attached hydrogens (tertiary/aromatic N) is 3. The smallest absolute Gasteiger partial charge is 0.145 e. The first-order valence-electron chi connectivity index (χ1n) is 6.53. The van der Waals surface area contributed by atoms with Crippen molar-refractivity contribution in [3.8, 4) is 17.5 Å². The molecule has 0 saturated heterocycles. The highest BCUT2D eigenvalue weighted by Gasteiger charge is 2.11. The largest absolute Gasteiger partial charge is 0.326 e. The minimum atomic E-state index is -0.465. The highest BCUT2D eigenvalue weighted by atomic mass is 19.1. The Kier molecular flexibility index (Phi) is 3.48. The van der Waals surface area contributed by atoms with Crippen molar-refractivity contribution in [2.45, 2.75) is 6.54 Å². The number of aromatic nitrogens is 2. The molecule has 0 fully saturated rings. The molecule has 0 saturated carbocycles. The number of imidazole rings is 1. The van der Waals surface area contributed by atoms with E-state index in [-0.39, 0.29) is 5.56 Å². The van der Waals surface area contributed by atoms with Gasteiger partial charge in [0.1, 0.15) is 17.7 Å². The normalized spacial score (nSPS) is 10.3. The molecular weight excluding hydrogens is 265 g/mol. The molecule has 102 valence electrons. The molecule has 0 aliphatic carbocycles. The highest BCUT2D eigenvalue weighted by Crippen LogP contribution is 2.20. The Morgan fingerprint density at radius 1 is 1.10 bits per heavy atom. The van der Waals surface area contributed by atoms with Crippen molar-refractivity contribution in [3.05, 3.63) is 77.9 Å². The zero-order valence-corrected chi connectivity index (χ0v) is 11.2. The lowest BCUT2D eigenvalue weighted by atomic mass is 10.1. The molecule has 4 heteroatoms. The topological polar surface area (TPSA) is 41.6 Å². The third kappa shape index (κ3) is 2.54. The number of hydrogen-bond donors (Lipinski definition) is 0. The van der Waals surface area contributed by atoms with Gasteiger partial charge < -0.3 is 4.57 Å². The molecule has 0 N–H and O–H groups in total. The van der Waals surface area contributed by atoms with E-state index in [2.05, 4.69) is 4.98 Å². The fourth-order valence-corrected chi connectivity index (χ4v) is 2.26. The van der Waals surface area contributed by atoms with Crippen molar-refractivity contribution in [2.75, 3.05) is 0 Å². The number of hydrogen-bond acceptors (Lipinski definition) is 2. The van der Waals surface area contributed by atoms with E-state index in [9.17, 15) is 4.39 Å². The van der Waals surface area contributed by atoms with E-state index in [0.717, 1.165) is 11.4 Å². The molecule has 0 spiro atoms. The Morgan fingerprint density at radius 2 is 1.90 bits per heavy atom. The standard InChI is InChI=1S/C17H12FN3/c18-16-14(11-19)7-4-8-15(16)12-21-10-9-20-17(21)13-5-2-1-3-6-13/h1-10H,12H2. The van der Waals surface area contributed by atoms with Gasteiger partial charge in [-0.2, -0.15) is 5.26 Å². The van der Waals surface area contributed by atoms with Crippen LogP contribution in [0.5, 0.6) is 0 Å². The molecule has 2 aromatic carbocycles. The summed E-state index contributed by atoms with van der Waals surface area (Å²) >= 11 is 0. The van der Waals surface area contributed by atoms with Gasteiger partial charge in [-0.15, -0.1) is 0 Å². The van der Waals surface area contributed by atoms with Crippen LogP contribution in [0, 0.1) is 17.1 Å². The maximum atomic E-state index is 14.1. The zero-order valence-electron chi connectivity index (χ0n) is 11.2. The minimum Gasteiger partial charge on any atom is -0.326 e. The van der Waals surface area contributed by atoms with Gasteiger partial charge in [-0.25, -0.2) is 9.37 Å². The molecule has 0 atom stereocenters. The second-order valence-electron chi connectivity index (χ2n) is 4.64. The lowest BCUT2D eigenvalue weighted by Gasteiger charge is -2.09. The fourth-order valence-electron chi connectivity index (χ4n) is 2.26. The summed E-state index contributed by atoms with van der Waals surface area (Å²) in [5, 5.41) is 8.89. The Bertz CT molecular complexity index is 800. The van der Waals surface area contributed by atoms with Crippen LogP contribution in [0.15, 0.2) is 60.9 Å². The predicted octanol–water partition coefficient (Wildman–Crippen LogP) is 3.61. The van der Waals surface area contributed by atoms with E-state index >= 15 is 0 Å². The highest BCUT2D eigenvalue weighted by molar-refractivity contribution is 5.55. The lowest BCUT2D eigenvalue weighted by molar-refractivity contribution is 0.596. The number of rotatable bonds is 3. The summed E-state index contributed by atoms with van der Waals surface area (Å²) in [5.41, 5.74) is 1.51. The number of halogens is 1. The molecule has 0 aliphatic rings. The Labute approximate surface area is 121 Å². The molecule has 3 nitrogen and oxygen atoms in total. The SMILES string of the molecule is N#Cc1cccc(Cn2ccnc2-c2ccccc2)c1F. The first-order chi connectivity index (χ1) is 10.3. The Morgan fingerprint density at radius 3 is 2.67 bits per heavy atom. The average molecular weight is 277 g/mol. The summed E-state index contributed by atoms with van der Waals surface area (Å²) < 4.78 is 16.0. The second-order valence-corrected chi connectivity index (χ2v) is 4.64. The Balaban J connectivity index is 1.98. The summed E-state index contributed by atoms with van der Waals surface area (Å²) in [7, 11) is 0. The van der Waals surface area contributed by atoms with Crippen LogP contribution >= 0.6 is 0 Å². The molecule has 0 amide bonds. The maximum absolute atomic E-state index is 14.1. The summed E-state index contributed by atoms with van der Waals surface area (Å²) in [6.45, 7) is 0.339. The van der Waals surface area contributed by atoms with E-state index < -0.39 is 5.82 Å². The molecule has 0 unspecified atom stereocenters. The third-order valence-corrected chi connectivity index (χ3v) is 3.29. The number of benzene rings is 2. The molecule has 3 rings (SSSR count). The lowest BCUT2D eigenvalue weighted by Crippen LogP contribution is -2.04. The molecule has 0 aliphatic heterocycles. The van der Waals surface area contributed by atoms with Gasteiger partial charge in [0, 0.05) is 23.5 Å². The van der Waals surface area contributed by atoms with Crippen LogP contribution in [0.1, 0.15) is 11.1 Å². The summed E-state index contributed by atoms with van der Waals surface area (Å²) in [6, 6.07) is 16.4. The van der Waals surface area contributed by atoms with Crippen molar-refractivity contribution in [1.82, 2.24) is 9.55 Å². The van der Waals surface area contributed by atoms with Crippen LogP contribution in [0.25, 0.3) is 11.4 Å². The van der Waals surface area contributed by atoms with E-state index in [1.54, 1.807) is 24.5 Å². The fraction of sp³-hybridized carbons (Fsp3) is 0.0588. The zero-order chi connectivity index (χ0) is 14.7. The van der Waals surface area contributed by atoms with Gasteiger partial charge >= 0.3 is 0 Å². The third-order valence-electron chi connectivity index (χ3n) is 3.29. The van der Waals surface area contributed by atoms with E-state index in [4.69, 9.17) is 5.26 Å². The summed E-state index contributed by atoms with van der Waals surface area (Å²) in [5.74, 6) is 0.310. The minimum absolute atomic E-state index is 0.0638. The second kappa shape index (κ2) is 5.59. The van der Waals surface area contributed by atoms with E-state index in [1.807, 2.05) is 41.0 Å². The van der Waals surface area contributed by atoms with Gasteiger partial charge in [0.25, 0.3) is 0 Å². The van der Waals surface area contributed by atoms with E-state index in [0.29, 0.717) is 12.1 Å². The van der Waals surface area contributed by atoms with Gasteiger partial charge in [-0.1, -0.05) is 42.5 Å². The van der Waals surface area contributed by atoms with Crippen LogP contribution in [0.4, 0.5) is 4.39 Å². The van der Waals surface area contributed by atoms with Crippen molar-refractivity contribution in [1.29, 1.82) is 5.26 Å².